The molecule has 1 saturated heterocycles. The Balaban J connectivity index is 2.30. The highest BCUT2D eigenvalue weighted by Gasteiger charge is 2.35. The summed E-state index contributed by atoms with van der Waals surface area (Å²) in [5.74, 6) is -0.360. The molecule has 116 valence electrons. The summed E-state index contributed by atoms with van der Waals surface area (Å²) < 4.78 is 23.8. The van der Waals surface area contributed by atoms with Crippen LogP contribution in [0.3, 0.4) is 0 Å². The van der Waals surface area contributed by atoms with Crippen molar-refractivity contribution in [3.63, 3.8) is 0 Å². The van der Waals surface area contributed by atoms with E-state index in [0.29, 0.717) is 16.5 Å². The Morgan fingerprint density at radius 1 is 1.48 bits per heavy atom. The van der Waals surface area contributed by atoms with Gasteiger partial charge in [0.15, 0.2) is 9.84 Å². The molecule has 0 spiro atoms. The zero-order valence-corrected chi connectivity index (χ0v) is 14.3. The van der Waals surface area contributed by atoms with Crippen LogP contribution < -0.4 is 0 Å². The van der Waals surface area contributed by atoms with Crippen molar-refractivity contribution >= 4 is 43.3 Å². The van der Waals surface area contributed by atoms with Gasteiger partial charge in [0.25, 0.3) is 5.91 Å². The van der Waals surface area contributed by atoms with Crippen molar-refractivity contribution in [3.05, 3.63) is 33.3 Å². The van der Waals surface area contributed by atoms with Gasteiger partial charge in [-0.25, -0.2) is 8.42 Å². The van der Waals surface area contributed by atoms with Gasteiger partial charge in [-0.3, -0.25) is 4.79 Å². The minimum Gasteiger partial charge on any atom is -0.395 e. The maximum Gasteiger partial charge on any atom is 0.255 e. The number of carbonyl (C=O) groups is 1. The lowest BCUT2D eigenvalue weighted by Crippen LogP contribution is -2.43. The smallest absolute Gasteiger partial charge is 0.255 e. The van der Waals surface area contributed by atoms with Gasteiger partial charge in [0.05, 0.1) is 28.7 Å². The van der Waals surface area contributed by atoms with E-state index in [1.807, 2.05) is 0 Å². The number of nitrogens with zero attached hydrogens (tertiary/aromatic N) is 1. The first-order chi connectivity index (χ1) is 9.85. The Morgan fingerprint density at radius 2 is 2.19 bits per heavy atom. The van der Waals surface area contributed by atoms with Crippen molar-refractivity contribution in [1.29, 1.82) is 0 Å². The molecule has 2 rings (SSSR count). The number of halogens is 2. The first-order valence-electron chi connectivity index (χ1n) is 6.42. The number of carbonyl (C=O) groups excluding carboxylic acids is 1. The minimum absolute atomic E-state index is 0.0651. The fraction of sp³-hybridized carbons (Fsp3) is 0.462. The average molecular weight is 397 g/mol. The van der Waals surface area contributed by atoms with Gasteiger partial charge in [0.2, 0.25) is 0 Å². The summed E-state index contributed by atoms with van der Waals surface area (Å²) in [6.07, 6.45) is 0.389. The Morgan fingerprint density at radius 3 is 2.76 bits per heavy atom. The number of hydrogen-bond donors (Lipinski definition) is 1. The third-order valence-corrected chi connectivity index (χ3v) is 6.48. The van der Waals surface area contributed by atoms with E-state index >= 15 is 0 Å². The van der Waals surface area contributed by atoms with Gasteiger partial charge in [0.1, 0.15) is 0 Å². The van der Waals surface area contributed by atoms with E-state index in [1.54, 1.807) is 18.2 Å². The SMILES string of the molecule is O=C(c1cccc(Br)c1Cl)N(CCO)C1CCS(=O)(=O)C1. The molecule has 0 saturated carbocycles. The van der Waals surface area contributed by atoms with Crippen LogP contribution in [0.2, 0.25) is 5.02 Å². The van der Waals surface area contributed by atoms with E-state index in [0.717, 1.165) is 0 Å². The van der Waals surface area contributed by atoms with E-state index in [2.05, 4.69) is 15.9 Å². The molecular formula is C13H15BrClNO4S. The summed E-state index contributed by atoms with van der Waals surface area (Å²) >= 11 is 9.38. The van der Waals surface area contributed by atoms with Gasteiger partial charge >= 0.3 is 0 Å². The van der Waals surface area contributed by atoms with Crippen molar-refractivity contribution in [1.82, 2.24) is 4.90 Å². The normalized spacial score (nSPS) is 20.4. The second kappa shape index (κ2) is 6.64. The van der Waals surface area contributed by atoms with E-state index < -0.39 is 15.9 Å². The quantitative estimate of drug-likeness (QED) is 0.841. The summed E-state index contributed by atoms with van der Waals surface area (Å²) in [7, 11) is -3.11. The largest absolute Gasteiger partial charge is 0.395 e. The van der Waals surface area contributed by atoms with Crippen molar-refractivity contribution in [2.24, 2.45) is 0 Å². The number of aliphatic hydroxyl groups is 1. The van der Waals surface area contributed by atoms with Gasteiger partial charge in [-0.2, -0.15) is 0 Å². The molecule has 5 nitrogen and oxygen atoms in total. The molecule has 0 bridgehead atoms. The lowest BCUT2D eigenvalue weighted by Gasteiger charge is -2.28. The molecule has 1 unspecified atom stereocenters. The summed E-state index contributed by atoms with van der Waals surface area (Å²) in [5.41, 5.74) is 0.295. The predicted octanol–water partition coefficient (Wildman–Crippen LogP) is 1.72. The van der Waals surface area contributed by atoms with Gasteiger partial charge in [-0.15, -0.1) is 0 Å². The molecule has 1 fully saturated rings. The van der Waals surface area contributed by atoms with Crippen molar-refractivity contribution in [2.75, 3.05) is 24.7 Å². The third kappa shape index (κ3) is 3.77. The maximum absolute atomic E-state index is 12.6. The van der Waals surface area contributed by atoms with Gasteiger partial charge in [-0.1, -0.05) is 17.7 Å². The highest BCUT2D eigenvalue weighted by atomic mass is 79.9. The Labute approximate surface area is 136 Å². The van der Waals surface area contributed by atoms with Crippen LogP contribution in [0, 0.1) is 0 Å². The van der Waals surface area contributed by atoms with E-state index in [9.17, 15) is 13.2 Å². The lowest BCUT2D eigenvalue weighted by atomic mass is 10.1. The third-order valence-electron chi connectivity index (χ3n) is 3.43. The van der Waals surface area contributed by atoms with Crippen LogP contribution in [0.15, 0.2) is 22.7 Å². The Bertz CT molecular complexity index is 650. The van der Waals surface area contributed by atoms with Crippen LogP contribution in [0.25, 0.3) is 0 Å². The second-order valence-corrected chi connectivity index (χ2v) is 8.34. The predicted molar refractivity (Wildman–Crippen MR) is 84.3 cm³/mol. The van der Waals surface area contributed by atoms with Gasteiger partial charge in [-0.05, 0) is 34.5 Å². The fourth-order valence-electron chi connectivity index (χ4n) is 2.40. The van der Waals surface area contributed by atoms with Crippen molar-refractivity contribution in [3.8, 4) is 0 Å². The Kier molecular flexibility index (Phi) is 5.29. The second-order valence-electron chi connectivity index (χ2n) is 4.88. The number of amides is 1. The molecule has 1 aromatic carbocycles. The Hall–Kier alpha value is -0.630. The first kappa shape index (κ1) is 16.7. The van der Waals surface area contributed by atoms with Crippen LogP contribution in [-0.4, -0.2) is 55.0 Å². The first-order valence-corrected chi connectivity index (χ1v) is 9.41. The molecule has 1 heterocycles. The van der Waals surface area contributed by atoms with E-state index in [1.165, 1.54) is 4.90 Å². The highest BCUT2D eigenvalue weighted by molar-refractivity contribution is 9.10. The molecule has 8 heteroatoms. The molecule has 0 radical (unpaired) electrons. The lowest BCUT2D eigenvalue weighted by molar-refractivity contribution is 0.0655. The standard InChI is InChI=1S/C13H15BrClNO4S/c14-11-3-1-2-10(12(11)15)13(18)16(5-6-17)9-4-7-21(19,20)8-9/h1-3,9,17H,4-8H2. The molecule has 0 aliphatic carbocycles. The van der Waals surface area contributed by atoms with Gasteiger partial charge < -0.3 is 10.0 Å². The number of hydrogen-bond acceptors (Lipinski definition) is 4. The molecule has 1 aliphatic heterocycles. The van der Waals surface area contributed by atoms with Crippen molar-refractivity contribution < 1.29 is 18.3 Å². The van der Waals surface area contributed by atoms with Crippen molar-refractivity contribution in [2.45, 2.75) is 12.5 Å². The highest BCUT2D eigenvalue weighted by Crippen LogP contribution is 2.28. The van der Waals surface area contributed by atoms with Crippen LogP contribution in [0.5, 0.6) is 0 Å². The van der Waals surface area contributed by atoms with Crippen LogP contribution in [-0.2, 0) is 9.84 Å². The number of aliphatic hydroxyl groups excluding tert-OH is 1. The number of sulfone groups is 1. The van der Waals surface area contributed by atoms with Crippen LogP contribution in [0.1, 0.15) is 16.8 Å². The fourth-order valence-corrected chi connectivity index (χ4v) is 4.71. The van der Waals surface area contributed by atoms with Gasteiger partial charge in [0, 0.05) is 17.1 Å². The summed E-state index contributed by atoms with van der Waals surface area (Å²) in [6.45, 7) is -0.143. The summed E-state index contributed by atoms with van der Waals surface area (Å²) in [4.78, 5) is 14.0. The zero-order valence-electron chi connectivity index (χ0n) is 11.1. The maximum atomic E-state index is 12.6. The molecular weight excluding hydrogens is 382 g/mol. The summed E-state index contributed by atoms with van der Waals surface area (Å²) in [5, 5.41) is 9.44. The molecule has 1 N–H and O–H groups in total. The monoisotopic (exact) mass is 395 g/mol. The van der Waals surface area contributed by atoms with Crippen LogP contribution in [0.4, 0.5) is 0 Å². The average Bonchev–Trinajstić information content (AvgIpc) is 2.78. The number of benzene rings is 1. The molecule has 1 atom stereocenters. The van der Waals surface area contributed by atoms with Crippen LogP contribution >= 0.6 is 27.5 Å². The number of rotatable bonds is 4. The molecule has 1 aliphatic rings. The molecule has 0 aromatic heterocycles. The topological polar surface area (TPSA) is 74.7 Å². The zero-order chi connectivity index (χ0) is 15.6. The summed E-state index contributed by atoms with van der Waals surface area (Å²) in [6, 6.07) is 4.58. The molecule has 1 amide bonds. The van der Waals surface area contributed by atoms with E-state index in [-0.39, 0.29) is 35.6 Å². The molecule has 21 heavy (non-hydrogen) atoms. The minimum atomic E-state index is -3.11. The van der Waals surface area contributed by atoms with E-state index in [4.69, 9.17) is 16.7 Å². The molecule has 1 aromatic rings.